The van der Waals surface area contributed by atoms with Crippen LogP contribution in [0.2, 0.25) is 0 Å². The normalized spacial score (nSPS) is 12.0. The lowest BCUT2D eigenvalue weighted by Crippen LogP contribution is -2.41. The van der Waals surface area contributed by atoms with Crippen LogP contribution in [0.15, 0.2) is 10.2 Å². The Labute approximate surface area is 114 Å². The second-order valence-electron chi connectivity index (χ2n) is 5.25. The smallest absolute Gasteiger partial charge is 0.320 e. The highest BCUT2D eigenvalue weighted by Crippen LogP contribution is 2.10. The SMILES string of the molecule is CCS/C(=N/N=C(C)C)NC(=O)NCC(C)(C)C. The number of nitrogens with zero attached hydrogens (tertiary/aromatic N) is 2. The van der Waals surface area contributed by atoms with Gasteiger partial charge in [-0.05, 0) is 25.0 Å². The molecule has 0 aromatic carbocycles. The first-order valence-electron chi connectivity index (χ1n) is 6.01. The van der Waals surface area contributed by atoms with Gasteiger partial charge in [-0.25, -0.2) is 4.79 Å². The number of carbonyl (C=O) groups excluding carboxylic acids is 1. The molecule has 0 spiro atoms. The second kappa shape index (κ2) is 8.13. The largest absolute Gasteiger partial charge is 0.337 e. The van der Waals surface area contributed by atoms with Crippen molar-refractivity contribution in [1.29, 1.82) is 0 Å². The molecule has 0 aliphatic rings. The van der Waals surface area contributed by atoms with Gasteiger partial charge in [0.05, 0.1) is 0 Å². The molecule has 104 valence electrons. The summed E-state index contributed by atoms with van der Waals surface area (Å²) in [5.74, 6) is 0.830. The average Bonchev–Trinajstić information content (AvgIpc) is 2.22. The van der Waals surface area contributed by atoms with Gasteiger partial charge in [-0.15, -0.1) is 5.10 Å². The summed E-state index contributed by atoms with van der Waals surface area (Å²) in [5.41, 5.74) is 0.908. The monoisotopic (exact) mass is 272 g/mol. The first-order valence-corrected chi connectivity index (χ1v) is 6.99. The fourth-order valence-electron chi connectivity index (χ4n) is 0.859. The fourth-order valence-corrected chi connectivity index (χ4v) is 1.40. The number of amides is 2. The molecular formula is C12H24N4OS. The van der Waals surface area contributed by atoms with Crippen LogP contribution >= 0.6 is 11.8 Å². The van der Waals surface area contributed by atoms with Gasteiger partial charge in [0, 0.05) is 12.3 Å². The standard InChI is InChI=1S/C12H24N4OS/c1-7-18-11(16-15-9(2)3)14-10(17)13-8-12(4,5)6/h7-8H2,1-6H3,(H2,13,14,16,17). The van der Waals surface area contributed by atoms with E-state index < -0.39 is 0 Å². The lowest BCUT2D eigenvalue weighted by atomic mass is 9.97. The lowest BCUT2D eigenvalue weighted by molar-refractivity contribution is 0.240. The fraction of sp³-hybridized carbons (Fsp3) is 0.750. The van der Waals surface area contributed by atoms with Crippen molar-refractivity contribution in [3.63, 3.8) is 0 Å². The molecule has 0 saturated carbocycles. The Morgan fingerprint density at radius 1 is 1.22 bits per heavy atom. The zero-order chi connectivity index (χ0) is 14.2. The summed E-state index contributed by atoms with van der Waals surface area (Å²) < 4.78 is 0. The third-order valence-corrected chi connectivity index (χ3v) is 2.37. The van der Waals surface area contributed by atoms with E-state index in [0.717, 1.165) is 11.5 Å². The van der Waals surface area contributed by atoms with Gasteiger partial charge in [0.2, 0.25) is 0 Å². The van der Waals surface area contributed by atoms with Crippen molar-refractivity contribution in [1.82, 2.24) is 10.6 Å². The van der Waals surface area contributed by atoms with Crippen LogP contribution in [0, 0.1) is 5.41 Å². The van der Waals surface area contributed by atoms with E-state index in [4.69, 9.17) is 0 Å². The summed E-state index contributed by atoms with van der Waals surface area (Å²) in [5, 5.41) is 14.0. The Morgan fingerprint density at radius 2 is 1.83 bits per heavy atom. The van der Waals surface area contributed by atoms with Crippen molar-refractivity contribution >= 4 is 28.7 Å². The minimum atomic E-state index is -0.242. The molecule has 2 amide bonds. The average molecular weight is 272 g/mol. The predicted octanol–water partition coefficient (Wildman–Crippen LogP) is 2.84. The third kappa shape index (κ3) is 10.1. The number of nitrogens with one attached hydrogen (secondary N) is 2. The van der Waals surface area contributed by atoms with Crippen molar-refractivity contribution in [2.75, 3.05) is 12.3 Å². The molecule has 0 bridgehead atoms. The van der Waals surface area contributed by atoms with Gasteiger partial charge >= 0.3 is 6.03 Å². The van der Waals surface area contributed by atoms with Gasteiger partial charge in [0.1, 0.15) is 0 Å². The van der Waals surface area contributed by atoms with Gasteiger partial charge in [-0.3, -0.25) is 5.32 Å². The molecule has 0 radical (unpaired) electrons. The third-order valence-electron chi connectivity index (χ3n) is 1.62. The molecule has 0 rings (SSSR count). The summed E-state index contributed by atoms with van der Waals surface area (Å²) >= 11 is 1.45. The van der Waals surface area contributed by atoms with Crippen LogP contribution in [0.3, 0.4) is 0 Å². The quantitative estimate of drug-likeness (QED) is 0.471. The van der Waals surface area contributed by atoms with Crippen molar-refractivity contribution < 1.29 is 4.79 Å². The molecule has 2 N–H and O–H groups in total. The zero-order valence-electron chi connectivity index (χ0n) is 12.1. The maximum absolute atomic E-state index is 11.7. The van der Waals surface area contributed by atoms with E-state index in [2.05, 4.69) is 41.6 Å². The van der Waals surface area contributed by atoms with Crippen LogP contribution in [-0.2, 0) is 0 Å². The Morgan fingerprint density at radius 3 is 2.28 bits per heavy atom. The number of amidine groups is 1. The summed E-state index contributed by atoms with van der Waals surface area (Å²) in [4.78, 5) is 11.7. The van der Waals surface area contributed by atoms with Crippen molar-refractivity contribution in [3.05, 3.63) is 0 Å². The number of hydrogen-bond acceptors (Lipinski definition) is 4. The van der Waals surface area contributed by atoms with Crippen LogP contribution in [0.25, 0.3) is 0 Å². The first kappa shape index (κ1) is 17.0. The number of hydrogen-bond donors (Lipinski definition) is 2. The highest BCUT2D eigenvalue weighted by Gasteiger charge is 2.12. The molecule has 0 saturated heterocycles. The zero-order valence-corrected chi connectivity index (χ0v) is 12.9. The van der Waals surface area contributed by atoms with E-state index in [1.807, 2.05) is 20.8 Å². The Hall–Kier alpha value is -1.04. The minimum Gasteiger partial charge on any atom is -0.337 e. The van der Waals surface area contributed by atoms with Gasteiger partial charge in [-0.1, -0.05) is 39.5 Å². The van der Waals surface area contributed by atoms with E-state index in [1.54, 1.807) is 0 Å². The van der Waals surface area contributed by atoms with E-state index in [0.29, 0.717) is 11.7 Å². The topological polar surface area (TPSA) is 65.8 Å². The molecule has 0 unspecified atom stereocenters. The molecule has 0 aromatic rings. The predicted molar refractivity (Wildman–Crippen MR) is 80.3 cm³/mol. The van der Waals surface area contributed by atoms with E-state index in [9.17, 15) is 4.79 Å². The number of urea groups is 1. The molecule has 0 fully saturated rings. The van der Waals surface area contributed by atoms with Crippen LogP contribution in [0.5, 0.6) is 0 Å². The highest BCUT2D eigenvalue weighted by atomic mass is 32.2. The van der Waals surface area contributed by atoms with Gasteiger partial charge in [-0.2, -0.15) is 5.10 Å². The molecule has 0 heterocycles. The van der Waals surface area contributed by atoms with Gasteiger partial charge < -0.3 is 5.32 Å². The Bertz CT molecular complexity index is 327. The van der Waals surface area contributed by atoms with Crippen LogP contribution in [0.1, 0.15) is 41.5 Å². The maximum atomic E-state index is 11.7. The molecular weight excluding hydrogens is 248 g/mol. The summed E-state index contributed by atoms with van der Waals surface area (Å²) in [6.45, 7) is 12.5. The summed E-state index contributed by atoms with van der Waals surface area (Å²) in [7, 11) is 0. The molecule has 6 heteroatoms. The van der Waals surface area contributed by atoms with E-state index in [1.165, 1.54) is 11.8 Å². The highest BCUT2D eigenvalue weighted by molar-refractivity contribution is 8.13. The number of carbonyl (C=O) groups is 1. The number of rotatable bonds is 3. The van der Waals surface area contributed by atoms with E-state index in [-0.39, 0.29) is 11.4 Å². The molecule has 5 nitrogen and oxygen atoms in total. The van der Waals surface area contributed by atoms with Crippen LogP contribution in [0.4, 0.5) is 4.79 Å². The molecule has 0 atom stereocenters. The first-order chi connectivity index (χ1) is 8.24. The summed E-state index contributed by atoms with van der Waals surface area (Å²) in [6, 6.07) is -0.242. The van der Waals surface area contributed by atoms with Gasteiger partial charge in [0.25, 0.3) is 0 Å². The van der Waals surface area contributed by atoms with Gasteiger partial charge in [0.15, 0.2) is 5.17 Å². The maximum Gasteiger partial charge on any atom is 0.320 e. The molecule has 0 aliphatic heterocycles. The van der Waals surface area contributed by atoms with Crippen molar-refractivity contribution in [3.8, 4) is 0 Å². The van der Waals surface area contributed by atoms with Crippen molar-refractivity contribution in [2.24, 2.45) is 15.6 Å². The van der Waals surface area contributed by atoms with E-state index >= 15 is 0 Å². The van der Waals surface area contributed by atoms with Crippen LogP contribution < -0.4 is 10.6 Å². The molecule has 0 aliphatic carbocycles. The minimum absolute atomic E-state index is 0.0602. The van der Waals surface area contributed by atoms with Crippen LogP contribution in [-0.4, -0.2) is 29.2 Å². The Kier molecular flexibility index (Phi) is 7.66. The van der Waals surface area contributed by atoms with Crippen molar-refractivity contribution in [2.45, 2.75) is 41.5 Å². The molecule has 0 aromatic heterocycles. The number of thioether (sulfide) groups is 1. The summed E-state index contributed by atoms with van der Waals surface area (Å²) in [6.07, 6.45) is 0. The molecule has 18 heavy (non-hydrogen) atoms. The lowest BCUT2D eigenvalue weighted by Gasteiger charge is -2.18. The Balaban J connectivity index is 4.37. The second-order valence-corrected chi connectivity index (χ2v) is 6.51.